The van der Waals surface area contributed by atoms with Crippen LogP contribution in [0.4, 0.5) is 13.2 Å². The Labute approximate surface area is 163 Å². The molecule has 9 nitrogen and oxygen atoms in total. The van der Waals surface area contributed by atoms with Gasteiger partial charge in [0.25, 0.3) is 5.91 Å². The van der Waals surface area contributed by atoms with Gasteiger partial charge in [0.15, 0.2) is 0 Å². The number of sulfonamides is 1. The van der Waals surface area contributed by atoms with E-state index < -0.39 is 34.3 Å². The number of H-pyrrole nitrogens is 2. The van der Waals surface area contributed by atoms with Crippen molar-refractivity contribution in [2.75, 3.05) is 19.6 Å². The SMILES string of the molecule is O=C(NCC(F)(F)F)c1cccc(S(=O)(=O)N2CCC[C@H](c3n[nH]c(=O)[nH]3)C2)c1. The fourth-order valence-electron chi connectivity index (χ4n) is 3.09. The highest BCUT2D eigenvalue weighted by molar-refractivity contribution is 7.89. The van der Waals surface area contributed by atoms with Crippen molar-refractivity contribution in [1.82, 2.24) is 24.8 Å². The van der Waals surface area contributed by atoms with Gasteiger partial charge in [-0.05, 0) is 31.0 Å². The molecule has 0 spiro atoms. The second-order valence-corrected chi connectivity index (χ2v) is 8.53. The smallest absolute Gasteiger partial charge is 0.343 e. The highest BCUT2D eigenvalue weighted by Crippen LogP contribution is 2.28. The van der Waals surface area contributed by atoms with Crippen LogP contribution in [0.1, 0.15) is 34.9 Å². The normalized spacial score (nSPS) is 18.5. The molecule has 0 radical (unpaired) electrons. The molecule has 1 fully saturated rings. The number of carbonyl (C=O) groups is 1. The summed E-state index contributed by atoms with van der Waals surface area (Å²) in [6.45, 7) is -1.20. The number of benzene rings is 1. The lowest BCUT2D eigenvalue weighted by Crippen LogP contribution is -2.39. The number of nitrogens with zero attached hydrogens (tertiary/aromatic N) is 2. The Morgan fingerprint density at radius 3 is 2.76 bits per heavy atom. The van der Waals surface area contributed by atoms with Crippen molar-refractivity contribution in [3.63, 3.8) is 0 Å². The maximum Gasteiger partial charge on any atom is 0.405 e. The van der Waals surface area contributed by atoms with Crippen LogP contribution in [-0.4, -0.2) is 59.6 Å². The molecule has 1 atom stereocenters. The van der Waals surface area contributed by atoms with Crippen LogP contribution < -0.4 is 11.0 Å². The minimum Gasteiger partial charge on any atom is -0.343 e. The molecule has 13 heteroatoms. The topological polar surface area (TPSA) is 128 Å². The molecule has 3 rings (SSSR count). The van der Waals surface area contributed by atoms with Gasteiger partial charge >= 0.3 is 11.9 Å². The molecule has 0 unspecified atom stereocenters. The third-order valence-electron chi connectivity index (χ3n) is 4.47. The van der Waals surface area contributed by atoms with Crippen molar-refractivity contribution in [2.45, 2.75) is 29.8 Å². The summed E-state index contributed by atoms with van der Waals surface area (Å²) in [4.78, 5) is 25.5. The predicted molar refractivity (Wildman–Crippen MR) is 94.8 cm³/mol. The molecule has 0 aliphatic carbocycles. The summed E-state index contributed by atoms with van der Waals surface area (Å²) >= 11 is 0. The maximum absolute atomic E-state index is 13.0. The molecular formula is C16H18F3N5O4S. The molecule has 158 valence electrons. The zero-order valence-corrected chi connectivity index (χ0v) is 15.8. The van der Waals surface area contributed by atoms with E-state index in [1.54, 1.807) is 5.32 Å². The summed E-state index contributed by atoms with van der Waals surface area (Å²) in [5.41, 5.74) is -0.682. The van der Waals surface area contributed by atoms with E-state index in [9.17, 15) is 31.2 Å². The monoisotopic (exact) mass is 433 g/mol. The number of aromatic amines is 2. The number of amides is 1. The molecule has 2 aromatic rings. The summed E-state index contributed by atoms with van der Waals surface area (Å²) in [6, 6.07) is 4.84. The lowest BCUT2D eigenvalue weighted by Gasteiger charge is -2.30. The summed E-state index contributed by atoms with van der Waals surface area (Å²) in [6.07, 6.45) is -3.41. The van der Waals surface area contributed by atoms with Crippen molar-refractivity contribution in [2.24, 2.45) is 0 Å². The molecule has 1 aromatic heterocycles. The van der Waals surface area contributed by atoms with E-state index in [0.717, 1.165) is 6.07 Å². The first-order chi connectivity index (χ1) is 13.6. The quantitative estimate of drug-likeness (QED) is 0.647. The average Bonchev–Trinajstić information content (AvgIpc) is 3.12. The highest BCUT2D eigenvalue weighted by atomic mass is 32.2. The molecule has 3 N–H and O–H groups in total. The Balaban J connectivity index is 1.78. The van der Waals surface area contributed by atoms with Gasteiger partial charge in [-0.1, -0.05) is 6.07 Å². The number of rotatable bonds is 5. The fraction of sp³-hybridized carbons (Fsp3) is 0.438. The Bertz CT molecular complexity index is 1050. The standard InChI is InChI=1S/C16H18F3N5O4S/c17-16(18,19)9-20-14(25)10-3-1-5-12(7-10)29(27,28)24-6-2-4-11(8-24)13-21-15(26)23-22-13/h1,3,5,7,11H,2,4,6,8-9H2,(H,20,25)(H2,21,22,23,26)/t11-/m0/s1. The van der Waals surface area contributed by atoms with Crippen molar-refractivity contribution < 1.29 is 26.4 Å². The average molecular weight is 433 g/mol. The van der Waals surface area contributed by atoms with Crippen LogP contribution in [0.15, 0.2) is 34.0 Å². The minimum absolute atomic E-state index is 0.0770. The van der Waals surface area contributed by atoms with Crippen LogP contribution in [-0.2, 0) is 10.0 Å². The zero-order valence-electron chi connectivity index (χ0n) is 15.0. The molecule has 29 heavy (non-hydrogen) atoms. The first-order valence-electron chi connectivity index (χ1n) is 8.66. The van der Waals surface area contributed by atoms with Gasteiger partial charge in [-0.3, -0.25) is 9.78 Å². The number of halogens is 3. The maximum atomic E-state index is 13.0. The predicted octanol–water partition coefficient (Wildman–Crippen LogP) is 0.958. The summed E-state index contributed by atoms with van der Waals surface area (Å²) < 4.78 is 64.0. The van der Waals surface area contributed by atoms with E-state index in [4.69, 9.17) is 0 Å². The molecule has 2 heterocycles. The number of hydrogen-bond donors (Lipinski definition) is 3. The third kappa shape index (κ3) is 5.03. The van der Waals surface area contributed by atoms with Crippen LogP contribution >= 0.6 is 0 Å². The summed E-state index contributed by atoms with van der Waals surface area (Å²) in [5.74, 6) is -0.976. The van der Waals surface area contributed by atoms with Crippen LogP contribution in [0.2, 0.25) is 0 Å². The lowest BCUT2D eigenvalue weighted by atomic mass is 9.99. The Hall–Kier alpha value is -2.67. The number of nitrogens with one attached hydrogen (secondary N) is 3. The van der Waals surface area contributed by atoms with Crippen molar-refractivity contribution in [1.29, 1.82) is 0 Å². The molecular weight excluding hydrogens is 415 g/mol. The van der Waals surface area contributed by atoms with Crippen LogP contribution in [0.3, 0.4) is 0 Å². The third-order valence-corrected chi connectivity index (χ3v) is 6.33. The van der Waals surface area contributed by atoms with Crippen LogP contribution in [0.5, 0.6) is 0 Å². The minimum atomic E-state index is -4.57. The van der Waals surface area contributed by atoms with Gasteiger partial charge in [0.1, 0.15) is 12.4 Å². The number of aromatic nitrogens is 3. The number of carbonyl (C=O) groups excluding carboxylic acids is 1. The molecule has 1 aliphatic rings. The Kier molecular flexibility index (Phi) is 5.80. The zero-order chi connectivity index (χ0) is 21.2. The van der Waals surface area contributed by atoms with E-state index in [0.29, 0.717) is 18.7 Å². The fourth-order valence-corrected chi connectivity index (χ4v) is 4.66. The van der Waals surface area contributed by atoms with Crippen LogP contribution in [0.25, 0.3) is 0 Å². The van der Waals surface area contributed by atoms with E-state index in [1.165, 1.54) is 22.5 Å². The first kappa shape index (κ1) is 21.0. The molecule has 1 aliphatic heterocycles. The molecule has 1 saturated heterocycles. The van der Waals surface area contributed by atoms with Gasteiger partial charge in [-0.25, -0.2) is 18.3 Å². The number of hydrogen-bond acceptors (Lipinski definition) is 5. The van der Waals surface area contributed by atoms with Gasteiger partial charge in [0.05, 0.1) is 4.90 Å². The van der Waals surface area contributed by atoms with E-state index >= 15 is 0 Å². The largest absolute Gasteiger partial charge is 0.405 e. The molecule has 1 amide bonds. The molecule has 1 aromatic carbocycles. The van der Waals surface area contributed by atoms with Gasteiger partial charge in [-0.15, -0.1) is 0 Å². The molecule has 0 saturated carbocycles. The van der Waals surface area contributed by atoms with Crippen LogP contribution in [0, 0.1) is 0 Å². The summed E-state index contributed by atoms with van der Waals surface area (Å²) in [5, 5.41) is 7.80. The first-order valence-corrected chi connectivity index (χ1v) is 10.1. The van der Waals surface area contributed by atoms with Crippen molar-refractivity contribution in [3.05, 3.63) is 46.1 Å². The van der Waals surface area contributed by atoms with E-state index in [-0.39, 0.29) is 29.5 Å². The summed E-state index contributed by atoms with van der Waals surface area (Å²) in [7, 11) is -3.99. The van der Waals surface area contributed by atoms with Crippen molar-refractivity contribution >= 4 is 15.9 Å². The van der Waals surface area contributed by atoms with Gasteiger partial charge in [0.2, 0.25) is 10.0 Å². The number of piperidine rings is 1. The van der Waals surface area contributed by atoms with Gasteiger partial charge in [0, 0.05) is 24.6 Å². The van der Waals surface area contributed by atoms with E-state index in [1.807, 2.05) is 0 Å². The van der Waals surface area contributed by atoms with E-state index in [2.05, 4.69) is 15.2 Å². The number of alkyl halides is 3. The Morgan fingerprint density at radius 2 is 2.10 bits per heavy atom. The Morgan fingerprint density at radius 1 is 1.34 bits per heavy atom. The highest BCUT2D eigenvalue weighted by Gasteiger charge is 2.33. The van der Waals surface area contributed by atoms with Gasteiger partial charge in [-0.2, -0.15) is 22.6 Å². The lowest BCUT2D eigenvalue weighted by molar-refractivity contribution is -0.123. The second kappa shape index (κ2) is 7.99. The van der Waals surface area contributed by atoms with Crippen molar-refractivity contribution in [3.8, 4) is 0 Å². The molecule has 0 bridgehead atoms. The van der Waals surface area contributed by atoms with Gasteiger partial charge < -0.3 is 5.32 Å². The second-order valence-electron chi connectivity index (χ2n) is 6.59.